The van der Waals surface area contributed by atoms with Crippen LogP contribution in [0.1, 0.15) is 19.4 Å². The third-order valence-electron chi connectivity index (χ3n) is 2.00. The van der Waals surface area contributed by atoms with Crippen molar-refractivity contribution in [3.8, 4) is 6.07 Å². The Morgan fingerprint density at radius 1 is 1.69 bits per heavy atom. The highest BCUT2D eigenvalue weighted by Crippen LogP contribution is 2.16. The molecule has 5 heteroatoms. The van der Waals surface area contributed by atoms with Crippen molar-refractivity contribution in [3.05, 3.63) is 17.8 Å². The van der Waals surface area contributed by atoms with Crippen molar-refractivity contribution in [3.63, 3.8) is 0 Å². The van der Waals surface area contributed by atoms with Crippen LogP contribution in [0.3, 0.4) is 0 Å². The van der Waals surface area contributed by atoms with Crippen LogP contribution in [0.5, 0.6) is 0 Å². The molecule has 1 atom stereocenters. The molecule has 0 spiro atoms. The van der Waals surface area contributed by atoms with Crippen LogP contribution in [0.4, 0.5) is 11.5 Å². The van der Waals surface area contributed by atoms with Gasteiger partial charge in [-0.2, -0.15) is 5.26 Å². The molecule has 0 bridgehead atoms. The number of hydrogen-bond acceptors (Lipinski definition) is 5. The van der Waals surface area contributed by atoms with Crippen molar-refractivity contribution in [1.82, 2.24) is 4.98 Å². The number of nitrogens with one attached hydrogen (secondary N) is 1. The molecule has 1 aromatic heterocycles. The normalized spacial score (nSPS) is 11.8. The van der Waals surface area contributed by atoms with Gasteiger partial charge in [0.05, 0.1) is 17.9 Å². The van der Waals surface area contributed by atoms with E-state index in [9.17, 15) is 0 Å². The molecule has 16 heavy (non-hydrogen) atoms. The zero-order chi connectivity index (χ0) is 12.0. The first-order valence-electron chi connectivity index (χ1n) is 5.17. The molecule has 0 fully saturated rings. The number of ether oxygens (including phenoxy) is 1. The minimum Gasteiger partial charge on any atom is -0.396 e. The predicted octanol–water partition coefficient (Wildman–Crippen LogP) is 1.37. The second-order valence-electron chi connectivity index (χ2n) is 3.48. The quantitative estimate of drug-likeness (QED) is 0.783. The molecular weight excluding hydrogens is 204 g/mol. The summed E-state index contributed by atoms with van der Waals surface area (Å²) < 4.78 is 5.27. The average molecular weight is 220 g/mol. The number of nitriles is 1. The largest absolute Gasteiger partial charge is 0.396 e. The van der Waals surface area contributed by atoms with Gasteiger partial charge in [0.1, 0.15) is 11.9 Å². The number of rotatable bonds is 5. The number of nitrogen functional groups attached to an aromatic ring is 1. The van der Waals surface area contributed by atoms with E-state index < -0.39 is 0 Å². The van der Waals surface area contributed by atoms with Crippen LogP contribution in [0.2, 0.25) is 0 Å². The fourth-order valence-electron chi connectivity index (χ4n) is 1.23. The summed E-state index contributed by atoms with van der Waals surface area (Å²) in [4.78, 5) is 4.08. The second kappa shape index (κ2) is 5.93. The monoisotopic (exact) mass is 220 g/mol. The summed E-state index contributed by atoms with van der Waals surface area (Å²) >= 11 is 0. The van der Waals surface area contributed by atoms with Crippen LogP contribution in [-0.2, 0) is 4.74 Å². The lowest BCUT2D eigenvalue weighted by Gasteiger charge is -2.15. The third-order valence-corrected chi connectivity index (χ3v) is 2.00. The Labute approximate surface area is 95.2 Å². The highest BCUT2D eigenvalue weighted by molar-refractivity contribution is 5.63. The first-order chi connectivity index (χ1) is 7.67. The fraction of sp³-hybridized carbons (Fsp3) is 0.455. The van der Waals surface area contributed by atoms with E-state index in [1.165, 1.54) is 6.20 Å². The molecule has 1 heterocycles. The van der Waals surface area contributed by atoms with Crippen LogP contribution in [-0.4, -0.2) is 24.2 Å². The maximum atomic E-state index is 8.66. The van der Waals surface area contributed by atoms with Gasteiger partial charge in [0.2, 0.25) is 0 Å². The molecule has 1 aromatic rings. The summed E-state index contributed by atoms with van der Waals surface area (Å²) in [5.41, 5.74) is 6.69. The number of nitrogens with zero attached hydrogens (tertiary/aromatic N) is 2. The number of nitrogens with two attached hydrogens (primary N) is 1. The maximum Gasteiger partial charge on any atom is 0.149 e. The summed E-state index contributed by atoms with van der Waals surface area (Å²) in [5.74, 6) is 0.589. The van der Waals surface area contributed by atoms with Crippen LogP contribution in [0.15, 0.2) is 12.3 Å². The average Bonchev–Trinajstić information content (AvgIpc) is 2.29. The van der Waals surface area contributed by atoms with Crippen molar-refractivity contribution in [2.75, 3.05) is 24.3 Å². The number of anilines is 2. The van der Waals surface area contributed by atoms with Crippen LogP contribution in [0.25, 0.3) is 0 Å². The van der Waals surface area contributed by atoms with E-state index in [2.05, 4.69) is 10.3 Å². The molecule has 0 radical (unpaired) electrons. The number of hydrogen-bond donors (Lipinski definition) is 2. The van der Waals surface area contributed by atoms with E-state index in [1.54, 1.807) is 6.07 Å². The van der Waals surface area contributed by atoms with Gasteiger partial charge in [0.25, 0.3) is 0 Å². The number of pyridine rings is 1. The third kappa shape index (κ3) is 3.41. The van der Waals surface area contributed by atoms with Crippen molar-refractivity contribution in [1.29, 1.82) is 5.26 Å². The first kappa shape index (κ1) is 12.3. The van der Waals surface area contributed by atoms with Gasteiger partial charge in [0.15, 0.2) is 0 Å². The summed E-state index contributed by atoms with van der Waals surface area (Å²) in [5, 5.41) is 11.8. The molecular formula is C11H16N4O. The molecule has 5 nitrogen and oxygen atoms in total. The van der Waals surface area contributed by atoms with Gasteiger partial charge >= 0.3 is 0 Å². The van der Waals surface area contributed by atoms with E-state index in [0.29, 0.717) is 30.3 Å². The minimum atomic E-state index is 0.127. The molecule has 0 aliphatic heterocycles. The Kier molecular flexibility index (Phi) is 4.55. The Bertz CT molecular complexity index is 386. The first-order valence-corrected chi connectivity index (χ1v) is 5.17. The van der Waals surface area contributed by atoms with Crippen LogP contribution in [0, 0.1) is 11.3 Å². The minimum absolute atomic E-state index is 0.127. The molecule has 86 valence electrons. The highest BCUT2D eigenvalue weighted by atomic mass is 16.5. The Balaban J connectivity index is 2.64. The standard InChI is InChI=1S/C11H16N4O/c1-3-16-7-8(2)15-11-10(13)4-9(5-12)6-14-11/h4,6,8H,3,7,13H2,1-2H3,(H,14,15). The molecule has 3 N–H and O–H groups in total. The Hall–Kier alpha value is -1.80. The molecule has 0 amide bonds. The van der Waals surface area contributed by atoms with E-state index in [-0.39, 0.29) is 6.04 Å². The molecule has 1 unspecified atom stereocenters. The van der Waals surface area contributed by atoms with Crippen molar-refractivity contribution >= 4 is 11.5 Å². The van der Waals surface area contributed by atoms with Crippen molar-refractivity contribution in [2.45, 2.75) is 19.9 Å². The predicted molar refractivity (Wildman–Crippen MR) is 62.9 cm³/mol. The Morgan fingerprint density at radius 2 is 2.44 bits per heavy atom. The van der Waals surface area contributed by atoms with Gasteiger partial charge in [-0.1, -0.05) is 0 Å². The highest BCUT2D eigenvalue weighted by Gasteiger charge is 2.06. The summed E-state index contributed by atoms with van der Waals surface area (Å²) in [6.07, 6.45) is 1.49. The number of aromatic nitrogens is 1. The van der Waals surface area contributed by atoms with Gasteiger partial charge in [-0.15, -0.1) is 0 Å². The molecule has 0 saturated carbocycles. The molecule has 0 saturated heterocycles. The van der Waals surface area contributed by atoms with E-state index in [0.717, 1.165) is 0 Å². The maximum absolute atomic E-state index is 8.66. The fourth-order valence-corrected chi connectivity index (χ4v) is 1.23. The zero-order valence-electron chi connectivity index (χ0n) is 9.53. The van der Waals surface area contributed by atoms with Crippen LogP contribution >= 0.6 is 0 Å². The van der Waals surface area contributed by atoms with Gasteiger partial charge in [0, 0.05) is 18.8 Å². The smallest absolute Gasteiger partial charge is 0.149 e. The van der Waals surface area contributed by atoms with E-state index >= 15 is 0 Å². The summed E-state index contributed by atoms with van der Waals surface area (Å²) in [6, 6.07) is 3.72. The molecule has 0 aliphatic carbocycles. The molecule has 1 rings (SSSR count). The lowest BCUT2D eigenvalue weighted by molar-refractivity contribution is 0.141. The van der Waals surface area contributed by atoms with Gasteiger partial charge < -0.3 is 15.8 Å². The van der Waals surface area contributed by atoms with Crippen molar-refractivity contribution in [2.24, 2.45) is 0 Å². The van der Waals surface area contributed by atoms with Crippen molar-refractivity contribution < 1.29 is 4.74 Å². The van der Waals surface area contributed by atoms with Gasteiger partial charge in [-0.25, -0.2) is 4.98 Å². The SMILES string of the molecule is CCOCC(C)Nc1ncc(C#N)cc1N. The van der Waals surface area contributed by atoms with E-state index in [1.807, 2.05) is 19.9 Å². The van der Waals surface area contributed by atoms with Gasteiger partial charge in [-0.3, -0.25) is 0 Å². The lowest BCUT2D eigenvalue weighted by Crippen LogP contribution is -2.23. The topological polar surface area (TPSA) is 84.0 Å². The second-order valence-corrected chi connectivity index (χ2v) is 3.48. The van der Waals surface area contributed by atoms with Gasteiger partial charge in [-0.05, 0) is 19.9 Å². The lowest BCUT2D eigenvalue weighted by atomic mass is 10.2. The summed E-state index contributed by atoms with van der Waals surface area (Å²) in [6.45, 7) is 5.20. The molecule has 0 aliphatic rings. The van der Waals surface area contributed by atoms with E-state index in [4.69, 9.17) is 15.7 Å². The van der Waals surface area contributed by atoms with Crippen LogP contribution < -0.4 is 11.1 Å². The summed E-state index contributed by atoms with van der Waals surface area (Å²) in [7, 11) is 0. The Morgan fingerprint density at radius 3 is 3.00 bits per heavy atom. The zero-order valence-corrected chi connectivity index (χ0v) is 9.53. The molecule has 0 aromatic carbocycles.